The normalized spacial score (nSPS) is 12.3. The molecular formula is C16H20FNOS. The molecule has 0 aliphatic carbocycles. The Bertz CT molecular complexity index is 527. The van der Waals surface area contributed by atoms with Crippen molar-refractivity contribution in [1.29, 1.82) is 0 Å². The highest BCUT2D eigenvalue weighted by molar-refractivity contribution is 7.09. The molecule has 1 atom stereocenters. The van der Waals surface area contributed by atoms with Gasteiger partial charge in [0.15, 0.2) is 0 Å². The summed E-state index contributed by atoms with van der Waals surface area (Å²) in [6.45, 7) is 5.61. The van der Waals surface area contributed by atoms with Crippen LogP contribution in [0.2, 0.25) is 0 Å². The van der Waals surface area contributed by atoms with Crippen molar-refractivity contribution in [2.24, 2.45) is 0 Å². The van der Waals surface area contributed by atoms with Crippen LogP contribution in [0.3, 0.4) is 0 Å². The van der Waals surface area contributed by atoms with Crippen molar-refractivity contribution in [1.82, 2.24) is 5.32 Å². The number of benzene rings is 1. The monoisotopic (exact) mass is 293 g/mol. The summed E-state index contributed by atoms with van der Waals surface area (Å²) in [7, 11) is 0. The van der Waals surface area contributed by atoms with E-state index in [1.165, 1.54) is 12.1 Å². The van der Waals surface area contributed by atoms with Crippen LogP contribution in [0.1, 0.15) is 36.8 Å². The number of nitrogens with one attached hydrogen (secondary N) is 1. The van der Waals surface area contributed by atoms with Crippen LogP contribution in [-0.2, 0) is 6.61 Å². The van der Waals surface area contributed by atoms with Crippen molar-refractivity contribution in [3.63, 3.8) is 0 Å². The van der Waals surface area contributed by atoms with Gasteiger partial charge in [-0.15, -0.1) is 11.3 Å². The largest absolute Gasteiger partial charge is 0.488 e. The molecular weight excluding hydrogens is 273 g/mol. The zero-order valence-corrected chi connectivity index (χ0v) is 12.7. The molecule has 1 N–H and O–H groups in total. The zero-order chi connectivity index (χ0) is 14.4. The van der Waals surface area contributed by atoms with Crippen molar-refractivity contribution in [2.45, 2.75) is 32.9 Å². The fourth-order valence-corrected chi connectivity index (χ4v) is 2.62. The molecule has 1 aromatic heterocycles. The molecule has 108 valence electrons. The highest BCUT2D eigenvalue weighted by Gasteiger charge is 2.12. The number of hydrogen-bond donors (Lipinski definition) is 1. The minimum absolute atomic E-state index is 0.147. The quantitative estimate of drug-likeness (QED) is 0.810. The van der Waals surface area contributed by atoms with Gasteiger partial charge in [-0.05, 0) is 37.4 Å². The van der Waals surface area contributed by atoms with Crippen LogP contribution in [0, 0.1) is 5.82 Å². The SMILES string of the molecule is CCCNC(C)c1ccc(F)cc1OCc1cccs1. The second-order valence-corrected chi connectivity index (χ2v) is 5.76. The van der Waals surface area contributed by atoms with Gasteiger partial charge < -0.3 is 10.1 Å². The molecule has 0 aliphatic rings. The molecule has 0 saturated heterocycles. The van der Waals surface area contributed by atoms with Gasteiger partial charge in [0.05, 0.1) is 0 Å². The zero-order valence-electron chi connectivity index (χ0n) is 11.9. The average molecular weight is 293 g/mol. The first-order chi connectivity index (χ1) is 9.70. The molecule has 20 heavy (non-hydrogen) atoms. The molecule has 0 aliphatic heterocycles. The predicted octanol–water partition coefficient (Wildman–Crippen LogP) is 4.53. The minimum atomic E-state index is -0.266. The topological polar surface area (TPSA) is 21.3 Å². The molecule has 0 amide bonds. The number of rotatable bonds is 7. The lowest BCUT2D eigenvalue weighted by atomic mass is 10.1. The van der Waals surface area contributed by atoms with Gasteiger partial charge in [0.2, 0.25) is 0 Å². The van der Waals surface area contributed by atoms with E-state index in [-0.39, 0.29) is 11.9 Å². The van der Waals surface area contributed by atoms with Gasteiger partial charge >= 0.3 is 0 Å². The minimum Gasteiger partial charge on any atom is -0.488 e. The van der Waals surface area contributed by atoms with Gasteiger partial charge in [-0.25, -0.2) is 4.39 Å². The Balaban J connectivity index is 2.10. The maximum absolute atomic E-state index is 13.4. The van der Waals surface area contributed by atoms with E-state index in [1.54, 1.807) is 17.4 Å². The summed E-state index contributed by atoms with van der Waals surface area (Å²) in [4.78, 5) is 1.13. The molecule has 0 bridgehead atoms. The van der Waals surface area contributed by atoms with Crippen LogP contribution in [-0.4, -0.2) is 6.54 Å². The molecule has 1 unspecified atom stereocenters. The van der Waals surface area contributed by atoms with Crippen LogP contribution in [0.25, 0.3) is 0 Å². The lowest BCUT2D eigenvalue weighted by molar-refractivity contribution is 0.301. The standard InChI is InChI=1S/C16H20FNOS/c1-3-8-18-12(2)15-7-6-13(17)10-16(15)19-11-14-5-4-9-20-14/h4-7,9-10,12,18H,3,8,11H2,1-2H3. The van der Waals surface area contributed by atoms with Crippen molar-refractivity contribution < 1.29 is 9.13 Å². The highest BCUT2D eigenvalue weighted by Crippen LogP contribution is 2.27. The molecule has 2 nitrogen and oxygen atoms in total. The first-order valence-corrected chi connectivity index (χ1v) is 7.76. The van der Waals surface area contributed by atoms with Crippen molar-refractivity contribution in [3.05, 3.63) is 52.0 Å². The van der Waals surface area contributed by atoms with Crippen LogP contribution >= 0.6 is 11.3 Å². The lowest BCUT2D eigenvalue weighted by Gasteiger charge is -2.18. The third-order valence-corrected chi connectivity index (χ3v) is 3.94. The fraction of sp³-hybridized carbons (Fsp3) is 0.375. The summed E-state index contributed by atoms with van der Waals surface area (Å²) in [5.74, 6) is 0.354. The smallest absolute Gasteiger partial charge is 0.127 e. The Morgan fingerprint density at radius 1 is 1.35 bits per heavy atom. The third-order valence-electron chi connectivity index (χ3n) is 3.09. The van der Waals surface area contributed by atoms with E-state index in [0.29, 0.717) is 12.4 Å². The van der Waals surface area contributed by atoms with E-state index in [1.807, 2.05) is 17.5 Å². The third kappa shape index (κ3) is 4.05. The average Bonchev–Trinajstić information content (AvgIpc) is 2.96. The molecule has 1 heterocycles. The predicted molar refractivity (Wildman–Crippen MR) is 81.8 cm³/mol. The maximum Gasteiger partial charge on any atom is 0.127 e. The van der Waals surface area contributed by atoms with Crippen LogP contribution in [0.5, 0.6) is 5.75 Å². The van der Waals surface area contributed by atoms with Gasteiger partial charge in [0.25, 0.3) is 0 Å². The Hall–Kier alpha value is -1.39. The van der Waals surface area contributed by atoms with E-state index in [0.717, 1.165) is 23.4 Å². The Morgan fingerprint density at radius 3 is 2.90 bits per heavy atom. The number of ether oxygens (including phenoxy) is 1. The molecule has 1 aromatic carbocycles. The van der Waals surface area contributed by atoms with E-state index in [4.69, 9.17) is 4.74 Å². The maximum atomic E-state index is 13.4. The van der Waals surface area contributed by atoms with Crippen LogP contribution in [0.4, 0.5) is 4.39 Å². The van der Waals surface area contributed by atoms with E-state index >= 15 is 0 Å². The molecule has 0 fully saturated rings. The van der Waals surface area contributed by atoms with Gasteiger partial charge in [0.1, 0.15) is 18.2 Å². The summed E-state index contributed by atoms with van der Waals surface area (Å²) in [5.41, 5.74) is 0.997. The Labute approximate surface area is 123 Å². The molecule has 0 spiro atoms. The second kappa shape index (κ2) is 7.41. The van der Waals surface area contributed by atoms with Gasteiger partial charge in [0, 0.05) is 22.5 Å². The first-order valence-electron chi connectivity index (χ1n) is 6.88. The molecule has 2 rings (SSSR count). The first kappa shape index (κ1) is 15.0. The van der Waals surface area contributed by atoms with Gasteiger partial charge in [-0.3, -0.25) is 0 Å². The van der Waals surface area contributed by atoms with Crippen molar-refractivity contribution in [2.75, 3.05) is 6.54 Å². The van der Waals surface area contributed by atoms with E-state index in [9.17, 15) is 4.39 Å². The molecule has 2 aromatic rings. The Morgan fingerprint density at radius 2 is 2.20 bits per heavy atom. The summed E-state index contributed by atoms with van der Waals surface area (Å²) in [6.07, 6.45) is 1.07. The summed E-state index contributed by atoms with van der Waals surface area (Å²) in [5, 5.41) is 5.41. The molecule has 0 saturated carbocycles. The number of halogens is 1. The summed E-state index contributed by atoms with van der Waals surface area (Å²) >= 11 is 1.64. The van der Waals surface area contributed by atoms with E-state index in [2.05, 4.69) is 19.2 Å². The number of thiophene rings is 1. The van der Waals surface area contributed by atoms with Crippen LogP contribution in [0.15, 0.2) is 35.7 Å². The van der Waals surface area contributed by atoms with Crippen molar-refractivity contribution in [3.8, 4) is 5.75 Å². The van der Waals surface area contributed by atoms with Gasteiger partial charge in [-0.1, -0.05) is 19.1 Å². The number of hydrogen-bond acceptors (Lipinski definition) is 3. The lowest BCUT2D eigenvalue weighted by Crippen LogP contribution is -2.20. The summed E-state index contributed by atoms with van der Waals surface area (Å²) in [6, 6.07) is 8.90. The summed E-state index contributed by atoms with van der Waals surface area (Å²) < 4.78 is 19.2. The molecule has 4 heteroatoms. The highest BCUT2D eigenvalue weighted by atomic mass is 32.1. The Kier molecular flexibility index (Phi) is 5.56. The second-order valence-electron chi connectivity index (χ2n) is 4.73. The van der Waals surface area contributed by atoms with Crippen LogP contribution < -0.4 is 10.1 Å². The fourth-order valence-electron chi connectivity index (χ4n) is 2.01. The van der Waals surface area contributed by atoms with E-state index < -0.39 is 0 Å². The van der Waals surface area contributed by atoms with Crippen molar-refractivity contribution >= 4 is 11.3 Å². The van der Waals surface area contributed by atoms with Gasteiger partial charge in [-0.2, -0.15) is 0 Å². The molecule has 0 radical (unpaired) electrons.